The molecular weight excluding hydrogens is 206 g/mol. The number of piperidine rings is 1. The Labute approximate surface area is 107 Å². The molecule has 1 saturated carbocycles. The van der Waals surface area contributed by atoms with E-state index < -0.39 is 0 Å². The minimum atomic E-state index is 0.626. The first kappa shape index (κ1) is 13.0. The topological polar surface area (TPSA) is 3.24 Å². The van der Waals surface area contributed by atoms with Gasteiger partial charge in [-0.15, -0.1) is 0 Å². The van der Waals surface area contributed by atoms with Gasteiger partial charge in [0.1, 0.15) is 0 Å². The molecule has 0 atom stereocenters. The lowest BCUT2D eigenvalue weighted by molar-refractivity contribution is -0.0551. The van der Waals surface area contributed by atoms with E-state index in [9.17, 15) is 0 Å². The van der Waals surface area contributed by atoms with Crippen LogP contribution in [0.3, 0.4) is 0 Å². The molecular formula is C16H29N. The van der Waals surface area contributed by atoms with Gasteiger partial charge >= 0.3 is 0 Å². The Hall–Kier alpha value is -0.460. The molecule has 1 aliphatic carbocycles. The fourth-order valence-corrected chi connectivity index (χ4v) is 4.17. The lowest BCUT2D eigenvalue weighted by atomic mass is 9.51. The van der Waals surface area contributed by atoms with E-state index in [4.69, 9.17) is 0 Å². The summed E-state index contributed by atoms with van der Waals surface area (Å²) in [4.78, 5) is 2.55. The summed E-state index contributed by atoms with van der Waals surface area (Å²) in [5, 5.41) is 0. The summed E-state index contributed by atoms with van der Waals surface area (Å²) in [6.07, 6.45) is 9.50. The summed E-state index contributed by atoms with van der Waals surface area (Å²) in [6.45, 7) is 13.9. The normalized spacial score (nSPS) is 25.7. The van der Waals surface area contributed by atoms with Crippen LogP contribution in [0.4, 0.5) is 0 Å². The highest BCUT2D eigenvalue weighted by Crippen LogP contribution is 2.59. The maximum atomic E-state index is 4.26. The summed E-state index contributed by atoms with van der Waals surface area (Å²) in [7, 11) is 0. The van der Waals surface area contributed by atoms with E-state index in [0.29, 0.717) is 10.8 Å². The minimum absolute atomic E-state index is 0.626. The van der Waals surface area contributed by atoms with Crippen molar-refractivity contribution >= 4 is 0 Å². The van der Waals surface area contributed by atoms with Crippen LogP contribution < -0.4 is 0 Å². The number of nitrogens with zero attached hydrogens (tertiary/aromatic N) is 1. The summed E-state index contributed by atoms with van der Waals surface area (Å²) < 4.78 is 0. The van der Waals surface area contributed by atoms with Gasteiger partial charge in [0.15, 0.2) is 0 Å². The molecule has 17 heavy (non-hydrogen) atoms. The molecule has 0 bridgehead atoms. The molecule has 0 aromatic heterocycles. The molecule has 1 heterocycles. The van der Waals surface area contributed by atoms with Crippen molar-refractivity contribution in [3.8, 4) is 0 Å². The first-order valence-electron chi connectivity index (χ1n) is 7.39. The van der Waals surface area contributed by atoms with Gasteiger partial charge in [0.2, 0.25) is 0 Å². The molecule has 0 amide bonds. The van der Waals surface area contributed by atoms with Crippen LogP contribution in [0, 0.1) is 10.8 Å². The van der Waals surface area contributed by atoms with E-state index in [1.165, 1.54) is 63.7 Å². The van der Waals surface area contributed by atoms with E-state index in [2.05, 4.69) is 32.3 Å². The van der Waals surface area contributed by atoms with E-state index in [1.54, 1.807) is 0 Å². The molecule has 1 heteroatoms. The number of unbranched alkanes of at least 4 members (excludes halogenated alkanes) is 1. The highest BCUT2D eigenvalue weighted by atomic mass is 15.1. The lowest BCUT2D eigenvalue weighted by Gasteiger charge is -2.57. The van der Waals surface area contributed by atoms with Crippen molar-refractivity contribution in [1.82, 2.24) is 4.90 Å². The van der Waals surface area contributed by atoms with Gasteiger partial charge in [-0.05, 0) is 49.4 Å². The third kappa shape index (κ3) is 2.86. The van der Waals surface area contributed by atoms with Crippen molar-refractivity contribution in [2.45, 2.75) is 65.7 Å². The van der Waals surface area contributed by atoms with Gasteiger partial charge in [-0.25, -0.2) is 0 Å². The fourth-order valence-electron chi connectivity index (χ4n) is 4.17. The van der Waals surface area contributed by atoms with Crippen LogP contribution in [0.5, 0.6) is 0 Å². The zero-order chi connectivity index (χ0) is 12.5. The van der Waals surface area contributed by atoms with Crippen LogP contribution in [0.15, 0.2) is 12.3 Å². The van der Waals surface area contributed by atoms with Gasteiger partial charge in [0.25, 0.3) is 0 Å². The molecule has 1 aliphatic heterocycles. The Morgan fingerprint density at radius 2 is 1.76 bits per heavy atom. The summed E-state index contributed by atoms with van der Waals surface area (Å²) in [5.74, 6) is 0. The van der Waals surface area contributed by atoms with Crippen molar-refractivity contribution in [1.29, 1.82) is 0 Å². The Morgan fingerprint density at radius 3 is 2.24 bits per heavy atom. The predicted molar refractivity (Wildman–Crippen MR) is 74.9 cm³/mol. The van der Waals surface area contributed by atoms with Crippen molar-refractivity contribution in [2.75, 3.05) is 13.1 Å². The number of hydrogen-bond donors (Lipinski definition) is 0. The van der Waals surface area contributed by atoms with Crippen LogP contribution in [0.25, 0.3) is 0 Å². The van der Waals surface area contributed by atoms with Gasteiger partial charge in [-0.2, -0.15) is 0 Å². The molecule has 1 saturated heterocycles. The SMILES string of the molecule is C=C(CCCC)N1CCC2(CC1)CC(C)(C)C2. The Balaban J connectivity index is 1.77. The van der Waals surface area contributed by atoms with Gasteiger partial charge < -0.3 is 4.90 Å². The third-order valence-electron chi connectivity index (χ3n) is 4.80. The van der Waals surface area contributed by atoms with Crippen molar-refractivity contribution < 1.29 is 0 Å². The average molecular weight is 235 g/mol. The average Bonchev–Trinajstić information content (AvgIpc) is 2.24. The Morgan fingerprint density at radius 1 is 1.18 bits per heavy atom. The maximum absolute atomic E-state index is 4.26. The predicted octanol–water partition coefficient (Wildman–Crippen LogP) is 4.59. The molecule has 0 aromatic rings. The van der Waals surface area contributed by atoms with Gasteiger partial charge in [0, 0.05) is 18.8 Å². The summed E-state index contributed by atoms with van der Waals surface area (Å²) in [5.41, 5.74) is 2.73. The lowest BCUT2D eigenvalue weighted by Crippen LogP contribution is -2.49. The van der Waals surface area contributed by atoms with Gasteiger partial charge in [-0.3, -0.25) is 0 Å². The molecule has 98 valence electrons. The van der Waals surface area contributed by atoms with Crippen LogP contribution in [0.1, 0.15) is 65.7 Å². The van der Waals surface area contributed by atoms with E-state index in [0.717, 1.165) is 0 Å². The van der Waals surface area contributed by atoms with Crippen molar-refractivity contribution in [3.05, 3.63) is 12.3 Å². The van der Waals surface area contributed by atoms with Crippen LogP contribution >= 0.6 is 0 Å². The largest absolute Gasteiger partial charge is 0.375 e. The maximum Gasteiger partial charge on any atom is 0.0180 e. The molecule has 2 fully saturated rings. The second-order valence-electron chi connectivity index (χ2n) is 7.17. The monoisotopic (exact) mass is 235 g/mol. The fraction of sp³-hybridized carbons (Fsp3) is 0.875. The molecule has 1 nitrogen and oxygen atoms in total. The van der Waals surface area contributed by atoms with E-state index >= 15 is 0 Å². The zero-order valence-electron chi connectivity index (χ0n) is 12.0. The van der Waals surface area contributed by atoms with Crippen LogP contribution in [0.2, 0.25) is 0 Å². The Kier molecular flexibility index (Phi) is 3.56. The summed E-state index contributed by atoms with van der Waals surface area (Å²) >= 11 is 0. The molecule has 0 radical (unpaired) electrons. The number of rotatable bonds is 4. The number of allylic oxidation sites excluding steroid dienone is 1. The molecule has 2 rings (SSSR count). The van der Waals surface area contributed by atoms with Crippen LogP contribution in [-0.2, 0) is 0 Å². The smallest absolute Gasteiger partial charge is 0.0180 e. The highest BCUT2D eigenvalue weighted by Gasteiger charge is 2.49. The highest BCUT2D eigenvalue weighted by molar-refractivity contribution is 5.04. The number of hydrogen-bond acceptors (Lipinski definition) is 1. The van der Waals surface area contributed by atoms with E-state index in [-0.39, 0.29) is 0 Å². The quantitative estimate of drug-likeness (QED) is 0.688. The first-order chi connectivity index (χ1) is 7.96. The van der Waals surface area contributed by atoms with Crippen molar-refractivity contribution in [3.63, 3.8) is 0 Å². The zero-order valence-corrected chi connectivity index (χ0v) is 12.0. The standard InChI is InChI=1S/C16H29N/c1-5-6-7-14(2)17-10-8-16(9-11-17)12-15(3,4)13-16/h2,5-13H2,1,3-4H3. The molecule has 0 unspecified atom stereocenters. The number of likely N-dealkylation sites (tertiary alicyclic amines) is 1. The molecule has 0 N–H and O–H groups in total. The second-order valence-corrected chi connectivity index (χ2v) is 7.17. The van der Waals surface area contributed by atoms with Crippen LogP contribution in [-0.4, -0.2) is 18.0 Å². The molecule has 1 spiro atoms. The Bertz CT molecular complexity index is 272. The molecule has 2 aliphatic rings. The minimum Gasteiger partial charge on any atom is -0.375 e. The molecule has 0 aromatic carbocycles. The third-order valence-corrected chi connectivity index (χ3v) is 4.80. The van der Waals surface area contributed by atoms with Gasteiger partial charge in [0.05, 0.1) is 0 Å². The second kappa shape index (κ2) is 4.66. The van der Waals surface area contributed by atoms with Crippen molar-refractivity contribution in [2.24, 2.45) is 10.8 Å². The first-order valence-corrected chi connectivity index (χ1v) is 7.39. The van der Waals surface area contributed by atoms with E-state index in [1.807, 2.05) is 0 Å². The van der Waals surface area contributed by atoms with Gasteiger partial charge in [-0.1, -0.05) is 33.8 Å². The summed E-state index contributed by atoms with van der Waals surface area (Å²) in [6, 6.07) is 0.